The van der Waals surface area contributed by atoms with Crippen LogP contribution in [0.25, 0.3) is 0 Å². The van der Waals surface area contributed by atoms with E-state index in [1.807, 2.05) is 31.2 Å². The molecule has 0 saturated heterocycles. The van der Waals surface area contributed by atoms with E-state index in [-0.39, 0.29) is 5.78 Å². The number of hydrogen-bond acceptors (Lipinski definition) is 3. The molecule has 0 amide bonds. The second kappa shape index (κ2) is 8.70. The van der Waals surface area contributed by atoms with Gasteiger partial charge in [-0.15, -0.1) is 0 Å². The number of nitrogens with one attached hydrogen (secondary N) is 1. The highest BCUT2D eigenvalue weighted by Crippen LogP contribution is 2.11. The van der Waals surface area contributed by atoms with Crippen molar-refractivity contribution in [2.75, 3.05) is 25.6 Å². The average Bonchev–Trinajstić information content (AvgIpc) is 2.42. The van der Waals surface area contributed by atoms with Crippen LogP contribution in [0, 0.1) is 0 Å². The van der Waals surface area contributed by atoms with Gasteiger partial charge in [0.1, 0.15) is 0 Å². The number of unbranched alkanes of at least 4 members (excludes halogenated alkanes) is 2. The largest absolute Gasteiger partial charge is 0.385 e. The van der Waals surface area contributed by atoms with E-state index >= 15 is 0 Å². The molecule has 1 aromatic carbocycles. The molecule has 0 aliphatic rings. The molecule has 0 saturated carbocycles. The average molecular weight is 249 g/mol. The third kappa shape index (κ3) is 5.32. The van der Waals surface area contributed by atoms with E-state index in [9.17, 15) is 4.79 Å². The van der Waals surface area contributed by atoms with Crippen molar-refractivity contribution in [1.29, 1.82) is 0 Å². The fourth-order valence-electron chi connectivity index (χ4n) is 1.76. The first kappa shape index (κ1) is 14.7. The Balaban J connectivity index is 2.25. The predicted octanol–water partition coefficient (Wildman–Crippen LogP) is 3.51. The van der Waals surface area contributed by atoms with Gasteiger partial charge in [0, 0.05) is 37.9 Å². The molecular weight excluding hydrogens is 226 g/mol. The highest BCUT2D eigenvalue weighted by Gasteiger charge is 2.01. The Labute approximate surface area is 110 Å². The van der Waals surface area contributed by atoms with Gasteiger partial charge in [0.15, 0.2) is 5.78 Å². The van der Waals surface area contributed by atoms with Gasteiger partial charge >= 0.3 is 0 Å². The van der Waals surface area contributed by atoms with Crippen LogP contribution in [-0.2, 0) is 4.74 Å². The van der Waals surface area contributed by atoms with E-state index in [1.54, 1.807) is 7.11 Å². The lowest BCUT2D eigenvalue weighted by Crippen LogP contribution is -2.03. The van der Waals surface area contributed by atoms with Crippen molar-refractivity contribution >= 4 is 11.5 Å². The molecule has 3 heteroatoms. The van der Waals surface area contributed by atoms with Gasteiger partial charge in [0.2, 0.25) is 0 Å². The summed E-state index contributed by atoms with van der Waals surface area (Å²) < 4.78 is 5.00. The first-order valence-corrected chi connectivity index (χ1v) is 6.64. The molecule has 1 aromatic rings. The molecule has 0 atom stereocenters. The fraction of sp³-hybridized carbons (Fsp3) is 0.533. The van der Waals surface area contributed by atoms with Crippen molar-refractivity contribution in [3.8, 4) is 0 Å². The summed E-state index contributed by atoms with van der Waals surface area (Å²) in [6.07, 6.45) is 3.99. The second-order valence-electron chi connectivity index (χ2n) is 4.33. The maximum Gasteiger partial charge on any atom is 0.162 e. The second-order valence-corrected chi connectivity index (χ2v) is 4.33. The molecule has 100 valence electrons. The first-order valence-electron chi connectivity index (χ1n) is 6.64. The maximum atomic E-state index is 11.5. The summed E-state index contributed by atoms with van der Waals surface area (Å²) in [6, 6.07) is 7.72. The van der Waals surface area contributed by atoms with Crippen LogP contribution in [0.5, 0.6) is 0 Å². The lowest BCUT2D eigenvalue weighted by Gasteiger charge is -2.07. The van der Waals surface area contributed by atoms with E-state index in [1.165, 1.54) is 6.42 Å². The standard InChI is InChI=1S/C15H23NO2/c1-3-15(17)13-7-9-14(10-8-13)16-11-5-4-6-12-18-2/h7-10,16H,3-6,11-12H2,1-2H3. The number of hydrogen-bond donors (Lipinski definition) is 1. The number of ether oxygens (including phenoxy) is 1. The van der Waals surface area contributed by atoms with Crippen molar-refractivity contribution < 1.29 is 9.53 Å². The molecule has 18 heavy (non-hydrogen) atoms. The number of ketones is 1. The number of Topliss-reactive ketones (excluding diaryl/α,β-unsaturated/α-hetero) is 1. The number of methoxy groups -OCH3 is 1. The summed E-state index contributed by atoms with van der Waals surface area (Å²) >= 11 is 0. The Hall–Kier alpha value is -1.35. The van der Waals surface area contributed by atoms with Gasteiger partial charge < -0.3 is 10.1 Å². The molecular formula is C15H23NO2. The highest BCUT2D eigenvalue weighted by molar-refractivity contribution is 5.96. The van der Waals surface area contributed by atoms with E-state index in [0.717, 1.165) is 37.2 Å². The van der Waals surface area contributed by atoms with Gasteiger partial charge in [0.25, 0.3) is 0 Å². The summed E-state index contributed by atoms with van der Waals surface area (Å²) in [5.74, 6) is 0.195. The van der Waals surface area contributed by atoms with Gasteiger partial charge in [-0.25, -0.2) is 0 Å². The zero-order valence-corrected chi connectivity index (χ0v) is 11.4. The summed E-state index contributed by atoms with van der Waals surface area (Å²) in [5.41, 5.74) is 1.87. The van der Waals surface area contributed by atoms with Crippen molar-refractivity contribution in [2.45, 2.75) is 32.6 Å². The zero-order valence-electron chi connectivity index (χ0n) is 11.4. The van der Waals surface area contributed by atoms with Crippen LogP contribution in [0.15, 0.2) is 24.3 Å². The first-order chi connectivity index (χ1) is 8.77. The number of benzene rings is 1. The van der Waals surface area contributed by atoms with Crippen LogP contribution in [0.3, 0.4) is 0 Å². The van der Waals surface area contributed by atoms with Gasteiger partial charge in [-0.1, -0.05) is 6.92 Å². The smallest absolute Gasteiger partial charge is 0.162 e. The molecule has 0 spiro atoms. The lowest BCUT2D eigenvalue weighted by molar-refractivity contribution is 0.0988. The van der Waals surface area contributed by atoms with Gasteiger partial charge in [-0.3, -0.25) is 4.79 Å². The zero-order chi connectivity index (χ0) is 13.2. The molecule has 0 unspecified atom stereocenters. The normalized spacial score (nSPS) is 10.3. The van der Waals surface area contributed by atoms with Crippen molar-refractivity contribution in [2.24, 2.45) is 0 Å². The van der Waals surface area contributed by atoms with Crippen LogP contribution in [0.2, 0.25) is 0 Å². The van der Waals surface area contributed by atoms with Crippen LogP contribution in [-0.4, -0.2) is 26.0 Å². The summed E-state index contributed by atoms with van der Waals surface area (Å²) in [4.78, 5) is 11.5. The van der Waals surface area contributed by atoms with E-state index < -0.39 is 0 Å². The maximum absolute atomic E-state index is 11.5. The predicted molar refractivity (Wildman–Crippen MR) is 75.3 cm³/mol. The van der Waals surface area contributed by atoms with E-state index in [4.69, 9.17) is 4.74 Å². The third-order valence-electron chi connectivity index (χ3n) is 2.88. The van der Waals surface area contributed by atoms with Gasteiger partial charge in [0.05, 0.1) is 0 Å². The third-order valence-corrected chi connectivity index (χ3v) is 2.88. The van der Waals surface area contributed by atoms with Crippen molar-refractivity contribution in [3.05, 3.63) is 29.8 Å². The summed E-state index contributed by atoms with van der Waals surface area (Å²) in [6.45, 7) is 3.69. The number of anilines is 1. The minimum Gasteiger partial charge on any atom is -0.385 e. The quantitative estimate of drug-likeness (QED) is 0.537. The van der Waals surface area contributed by atoms with Crippen LogP contribution in [0.4, 0.5) is 5.69 Å². The van der Waals surface area contributed by atoms with Crippen LogP contribution >= 0.6 is 0 Å². The summed E-state index contributed by atoms with van der Waals surface area (Å²) in [7, 11) is 1.73. The minimum absolute atomic E-state index is 0.195. The Kier molecular flexibility index (Phi) is 7.11. The molecule has 3 nitrogen and oxygen atoms in total. The Bertz CT molecular complexity index is 346. The van der Waals surface area contributed by atoms with Crippen LogP contribution in [0.1, 0.15) is 43.0 Å². The molecule has 0 heterocycles. The number of rotatable bonds is 9. The Morgan fingerprint density at radius 3 is 2.50 bits per heavy atom. The molecule has 0 fully saturated rings. The molecule has 0 aromatic heterocycles. The molecule has 0 aliphatic heterocycles. The minimum atomic E-state index is 0.195. The topological polar surface area (TPSA) is 38.3 Å². The lowest BCUT2D eigenvalue weighted by atomic mass is 10.1. The highest BCUT2D eigenvalue weighted by atomic mass is 16.5. The molecule has 1 N–H and O–H groups in total. The fourth-order valence-corrected chi connectivity index (χ4v) is 1.76. The van der Waals surface area contributed by atoms with Gasteiger partial charge in [-0.2, -0.15) is 0 Å². The summed E-state index contributed by atoms with van der Waals surface area (Å²) in [5, 5.41) is 3.35. The van der Waals surface area contributed by atoms with Crippen molar-refractivity contribution in [1.82, 2.24) is 0 Å². The van der Waals surface area contributed by atoms with E-state index in [0.29, 0.717) is 6.42 Å². The molecule has 0 aliphatic carbocycles. The number of carbonyl (C=O) groups is 1. The molecule has 0 radical (unpaired) electrons. The number of carbonyl (C=O) groups excluding carboxylic acids is 1. The molecule has 1 rings (SSSR count). The molecule has 0 bridgehead atoms. The Morgan fingerprint density at radius 1 is 1.17 bits per heavy atom. The van der Waals surface area contributed by atoms with Crippen molar-refractivity contribution in [3.63, 3.8) is 0 Å². The monoisotopic (exact) mass is 249 g/mol. The van der Waals surface area contributed by atoms with Gasteiger partial charge in [-0.05, 0) is 43.5 Å². The Morgan fingerprint density at radius 2 is 1.89 bits per heavy atom. The SMILES string of the molecule is CCC(=O)c1ccc(NCCCCCOC)cc1. The van der Waals surface area contributed by atoms with E-state index in [2.05, 4.69) is 5.32 Å². The van der Waals surface area contributed by atoms with Crippen LogP contribution < -0.4 is 5.32 Å².